The minimum Gasteiger partial charge on any atom is -0.327 e. The van der Waals surface area contributed by atoms with Crippen molar-refractivity contribution in [1.82, 2.24) is 14.5 Å². The van der Waals surface area contributed by atoms with Gasteiger partial charge in [-0.15, -0.1) is 0 Å². The smallest absolute Gasteiger partial charge is 0.140 e. The zero-order chi connectivity index (χ0) is 13.4. The second kappa shape index (κ2) is 4.64. The van der Waals surface area contributed by atoms with Crippen LogP contribution in [0.3, 0.4) is 0 Å². The van der Waals surface area contributed by atoms with Crippen LogP contribution in [0, 0.1) is 0 Å². The van der Waals surface area contributed by atoms with E-state index in [-0.39, 0.29) is 0 Å². The first-order valence-electron chi connectivity index (χ1n) is 5.96. The van der Waals surface area contributed by atoms with Crippen molar-refractivity contribution in [3.05, 3.63) is 47.2 Å². The number of halogens is 1. The number of aryl methyl sites for hydroxylation is 1. The van der Waals surface area contributed by atoms with Gasteiger partial charge in [0.1, 0.15) is 5.82 Å². The highest BCUT2D eigenvalue weighted by Crippen LogP contribution is 2.25. The normalized spacial score (nSPS) is 11.1. The highest BCUT2D eigenvalue weighted by atomic mass is 35.5. The van der Waals surface area contributed by atoms with Crippen molar-refractivity contribution in [1.29, 1.82) is 0 Å². The Labute approximate surface area is 115 Å². The second-order valence-electron chi connectivity index (χ2n) is 4.37. The van der Waals surface area contributed by atoms with Crippen molar-refractivity contribution >= 4 is 22.6 Å². The molecule has 5 heteroatoms. The molecule has 0 radical (unpaired) electrons. The molecule has 96 valence electrons. The third-order valence-electron chi connectivity index (χ3n) is 3.13. The summed E-state index contributed by atoms with van der Waals surface area (Å²) in [7, 11) is 1.98. The molecule has 0 spiro atoms. The average Bonchev–Trinajstić information content (AvgIpc) is 2.76. The van der Waals surface area contributed by atoms with E-state index in [1.54, 1.807) is 6.20 Å². The fraction of sp³-hybridized carbons (Fsp3) is 0.143. The monoisotopic (exact) mass is 272 g/mol. The summed E-state index contributed by atoms with van der Waals surface area (Å²) in [6.45, 7) is 0.420. The van der Waals surface area contributed by atoms with Crippen molar-refractivity contribution < 1.29 is 0 Å². The van der Waals surface area contributed by atoms with Crippen LogP contribution < -0.4 is 5.73 Å². The molecule has 0 aliphatic heterocycles. The summed E-state index contributed by atoms with van der Waals surface area (Å²) in [4.78, 5) is 8.83. The van der Waals surface area contributed by atoms with Crippen LogP contribution in [0.2, 0.25) is 5.02 Å². The number of nitrogens with two attached hydrogens (primary N) is 1. The Balaban J connectivity index is 2.21. The van der Waals surface area contributed by atoms with Crippen molar-refractivity contribution in [2.45, 2.75) is 6.54 Å². The van der Waals surface area contributed by atoms with Crippen LogP contribution >= 0.6 is 11.6 Å². The first-order valence-corrected chi connectivity index (χ1v) is 6.34. The molecule has 3 rings (SSSR count). The molecule has 0 saturated carbocycles. The number of aromatic nitrogens is 3. The number of imidazole rings is 1. The average molecular weight is 273 g/mol. The molecule has 0 fully saturated rings. The van der Waals surface area contributed by atoms with Gasteiger partial charge >= 0.3 is 0 Å². The Morgan fingerprint density at radius 3 is 2.89 bits per heavy atom. The summed E-state index contributed by atoms with van der Waals surface area (Å²) in [6, 6.07) is 9.58. The molecule has 2 N–H and O–H groups in total. The maximum atomic E-state index is 6.03. The van der Waals surface area contributed by atoms with E-state index in [4.69, 9.17) is 17.3 Å². The third kappa shape index (κ3) is 2.09. The molecular formula is C14H13ClN4. The number of benzene rings is 1. The Hall–Kier alpha value is -1.91. The fourth-order valence-corrected chi connectivity index (χ4v) is 2.32. The number of fused-ring (bicyclic) bond motifs is 1. The van der Waals surface area contributed by atoms with Gasteiger partial charge in [-0.25, -0.2) is 4.98 Å². The van der Waals surface area contributed by atoms with Crippen LogP contribution in [-0.2, 0) is 13.6 Å². The molecular weight excluding hydrogens is 260 g/mol. The summed E-state index contributed by atoms with van der Waals surface area (Å²) in [5.74, 6) is 0.884. The summed E-state index contributed by atoms with van der Waals surface area (Å²) >= 11 is 6.03. The molecule has 0 bridgehead atoms. The van der Waals surface area contributed by atoms with E-state index in [0.717, 1.165) is 28.1 Å². The van der Waals surface area contributed by atoms with Gasteiger partial charge in [-0.1, -0.05) is 11.6 Å². The van der Waals surface area contributed by atoms with E-state index in [9.17, 15) is 0 Å². The van der Waals surface area contributed by atoms with Crippen molar-refractivity contribution in [2.24, 2.45) is 12.8 Å². The molecule has 0 aliphatic rings. The second-order valence-corrected chi connectivity index (χ2v) is 4.80. The van der Waals surface area contributed by atoms with Gasteiger partial charge < -0.3 is 10.3 Å². The highest BCUT2D eigenvalue weighted by Gasteiger charge is 2.10. The molecule has 0 aliphatic carbocycles. The molecule has 2 aromatic heterocycles. The molecule has 19 heavy (non-hydrogen) atoms. The van der Waals surface area contributed by atoms with E-state index >= 15 is 0 Å². The predicted octanol–water partition coefficient (Wildman–Crippen LogP) is 2.75. The number of rotatable bonds is 2. The SMILES string of the molecule is Cn1c(-c2ccnc(CN)c2)nc2ccc(Cl)cc21. The Bertz CT molecular complexity index is 748. The van der Waals surface area contributed by atoms with Gasteiger partial charge in [-0.05, 0) is 30.3 Å². The van der Waals surface area contributed by atoms with Gasteiger partial charge in [0.15, 0.2) is 0 Å². The third-order valence-corrected chi connectivity index (χ3v) is 3.36. The van der Waals surface area contributed by atoms with Crippen LogP contribution in [0.15, 0.2) is 36.5 Å². The highest BCUT2D eigenvalue weighted by molar-refractivity contribution is 6.31. The van der Waals surface area contributed by atoms with Crippen LogP contribution in [-0.4, -0.2) is 14.5 Å². The van der Waals surface area contributed by atoms with Crippen LogP contribution in [0.1, 0.15) is 5.69 Å². The van der Waals surface area contributed by atoms with Crippen LogP contribution in [0.4, 0.5) is 0 Å². The van der Waals surface area contributed by atoms with Crippen molar-refractivity contribution in [3.63, 3.8) is 0 Å². The minimum atomic E-state index is 0.420. The summed E-state index contributed by atoms with van der Waals surface area (Å²) in [6.07, 6.45) is 1.75. The van der Waals surface area contributed by atoms with E-state index < -0.39 is 0 Å². The van der Waals surface area contributed by atoms with Gasteiger partial charge in [0.2, 0.25) is 0 Å². The molecule has 0 atom stereocenters. The molecule has 0 unspecified atom stereocenters. The minimum absolute atomic E-state index is 0.420. The first kappa shape index (κ1) is 12.1. The number of hydrogen-bond donors (Lipinski definition) is 1. The maximum absolute atomic E-state index is 6.03. The van der Waals surface area contributed by atoms with E-state index in [0.29, 0.717) is 11.6 Å². The number of pyridine rings is 1. The predicted molar refractivity (Wildman–Crippen MR) is 76.8 cm³/mol. The Kier molecular flexibility index (Phi) is 2.97. The van der Waals surface area contributed by atoms with Crippen molar-refractivity contribution in [2.75, 3.05) is 0 Å². The molecule has 2 heterocycles. The van der Waals surface area contributed by atoms with Gasteiger partial charge in [0.25, 0.3) is 0 Å². The Morgan fingerprint density at radius 2 is 2.11 bits per heavy atom. The Morgan fingerprint density at radius 1 is 1.26 bits per heavy atom. The molecule has 3 aromatic rings. The fourth-order valence-electron chi connectivity index (χ4n) is 2.15. The van der Waals surface area contributed by atoms with Crippen molar-refractivity contribution in [3.8, 4) is 11.4 Å². The number of hydrogen-bond acceptors (Lipinski definition) is 3. The number of nitrogens with zero attached hydrogens (tertiary/aromatic N) is 3. The molecule has 4 nitrogen and oxygen atoms in total. The summed E-state index contributed by atoms with van der Waals surface area (Å²) in [5.41, 5.74) is 9.41. The zero-order valence-electron chi connectivity index (χ0n) is 10.5. The van der Waals surface area contributed by atoms with Crippen LogP contribution in [0.5, 0.6) is 0 Å². The standard InChI is InChI=1S/C14H13ClN4/c1-19-13-7-10(15)2-3-12(13)18-14(19)9-4-5-17-11(6-9)8-16/h2-7H,8,16H2,1H3. The van der Waals surface area contributed by atoms with Crippen LogP contribution in [0.25, 0.3) is 22.4 Å². The first-order chi connectivity index (χ1) is 9.19. The lowest BCUT2D eigenvalue weighted by molar-refractivity contribution is 0.950. The van der Waals surface area contributed by atoms with Gasteiger partial charge in [-0.2, -0.15) is 0 Å². The van der Waals surface area contributed by atoms with E-state index in [2.05, 4.69) is 9.97 Å². The van der Waals surface area contributed by atoms with Gasteiger partial charge in [-0.3, -0.25) is 4.98 Å². The molecule has 0 saturated heterocycles. The van der Waals surface area contributed by atoms with Gasteiger partial charge in [0.05, 0.1) is 16.7 Å². The molecule has 0 amide bonds. The lowest BCUT2D eigenvalue weighted by Crippen LogP contribution is -2.00. The lowest BCUT2D eigenvalue weighted by Gasteiger charge is -2.04. The van der Waals surface area contributed by atoms with E-state index in [1.165, 1.54) is 0 Å². The largest absolute Gasteiger partial charge is 0.327 e. The van der Waals surface area contributed by atoms with E-state index in [1.807, 2.05) is 41.9 Å². The van der Waals surface area contributed by atoms with Gasteiger partial charge in [0, 0.05) is 30.4 Å². The topological polar surface area (TPSA) is 56.7 Å². The quantitative estimate of drug-likeness (QED) is 0.780. The zero-order valence-corrected chi connectivity index (χ0v) is 11.2. The molecule has 1 aromatic carbocycles. The maximum Gasteiger partial charge on any atom is 0.140 e. The summed E-state index contributed by atoms with van der Waals surface area (Å²) in [5, 5.41) is 0.708. The lowest BCUT2D eigenvalue weighted by atomic mass is 10.2. The summed E-state index contributed by atoms with van der Waals surface area (Å²) < 4.78 is 2.02.